The first-order valence-electron chi connectivity index (χ1n) is 5.82. The van der Waals surface area contributed by atoms with Gasteiger partial charge < -0.3 is 10.6 Å². The van der Waals surface area contributed by atoms with Crippen LogP contribution in [-0.2, 0) is 4.79 Å². The van der Waals surface area contributed by atoms with E-state index in [0.717, 1.165) is 5.57 Å². The molecule has 1 aromatic carbocycles. The summed E-state index contributed by atoms with van der Waals surface area (Å²) in [6.45, 7) is 2.29. The fourth-order valence-corrected chi connectivity index (χ4v) is 1.65. The van der Waals surface area contributed by atoms with Crippen LogP contribution in [0.25, 0.3) is 0 Å². The van der Waals surface area contributed by atoms with Crippen molar-refractivity contribution in [3.05, 3.63) is 41.1 Å². The molecule has 0 unspecified atom stereocenters. The molecule has 0 bridgehead atoms. The highest BCUT2D eigenvalue weighted by molar-refractivity contribution is 6.04. The number of hydrogen-bond donors (Lipinski definition) is 2. The van der Waals surface area contributed by atoms with E-state index in [-0.39, 0.29) is 11.8 Å². The quantitative estimate of drug-likeness (QED) is 0.865. The lowest BCUT2D eigenvalue weighted by Gasteiger charge is -2.05. The summed E-state index contributed by atoms with van der Waals surface area (Å²) < 4.78 is 0. The first-order valence-corrected chi connectivity index (χ1v) is 5.82. The number of benzene rings is 1. The number of nitrogens with one attached hydrogen (secondary N) is 2. The van der Waals surface area contributed by atoms with Crippen LogP contribution in [0.4, 0.5) is 5.69 Å². The number of anilines is 1. The van der Waals surface area contributed by atoms with Crippen LogP contribution in [0.3, 0.4) is 0 Å². The van der Waals surface area contributed by atoms with Crippen molar-refractivity contribution in [1.82, 2.24) is 5.32 Å². The summed E-state index contributed by atoms with van der Waals surface area (Å²) in [6.07, 6.45) is 0. The van der Waals surface area contributed by atoms with Gasteiger partial charge in [-0.05, 0) is 36.8 Å². The predicted molar refractivity (Wildman–Crippen MR) is 70.9 cm³/mol. The van der Waals surface area contributed by atoms with Crippen molar-refractivity contribution in [2.24, 2.45) is 10.2 Å². The average molecular weight is 258 g/mol. The number of azo groups is 1. The lowest BCUT2D eigenvalue weighted by Crippen LogP contribution is -2.18. The van der Waals surface area contributed by atoms with E-state index in [9.17, 15) is 9.59 Å². The summed E-state index contributed by atoms with van der Waals surface area (Å²) in [5.74, 6) is -0.451. The summed E-state index contributed by atoms with van der Waals surface area (Å²) in [5.41, 5.74) is 2.35. The largest absolute Gasteiger partial charge is 0.355 e. The van der Waals surface area contributed by atoms with E-state index in [1.807, 2.05) is 6.92 Å². The van der Waals surface area contributed by atoms with Crippen LogP contribution < -0.4 is 10.6 Å². The third kappa shape index (κ3) is 2.85. The zero-order chi connectivity index (χ0) is 13.8. The lowest BCUT2D eigenvalue weighted by molar-refractivity contribution is -0.112. The van der Waals surface area contributed by atoms with Gasteiger partial charge in [0, 0.05) is 18.3 Å². The molecule has 1 aliphatic rings. The number of carbonyl (C=O) groups is 2. The highest BCUT2D eigenvalue weighted by atomic mass is 16.2. The number of carbonyl (C=O) groups excluding carboxylic acids is 2. The van der Waals surface area contributed by atoms with Gasteiger partial charge >= 0.3 is 0 Å². The third-order valence-corrected chi connectivity index (χ3v) is 2.73. The van der Waals surface area contributed by atoms with E-state index in [0.29, 0.717) is 23.5 Å². The minimum Gasteiger partial charge on any atom is -0.355 e. The van der Waals surface area contributed by atoms with Gasteiger partial charge in [0.05, 0.1) is 6.54 Å². The van der Waals surface area contributed by atoms with E-state index in [2.05, 4.69) is 20.9 Å². The van der Waals surface area contributed by atoms with Crippen LogP contribution in [0.5, 0.6) is 0 Å². The normalized spacial score (nSPS) is 13.6. The highest BCUT2D eigenvalue weighted by Crippen LogP contribution is 2.17. The van der Waals surface area contributed by atoms with Crippen LogP contribution in [0.2, 0.25) is 0 Å². The highest BCUT2D eigenvalue weighted by Gasteiger charge is 2.16. The SMILES string of the molecule is CNC(=O)c1ccc(NC(=O)C2=C(C)CN=N2)cc1. The van der Waals surface area contributed by atoms with Crippen molar-refractivity contribution in [3.63, 3.8) is 0 Å². The van der Waals surface area contributed by atoms with Gasteiger partial charge in [-0.2, -0.15) is 5.11 Å². The van der Waals surface area contributed by atoms with Gasteiger partial charge in [-0.1, -0.05) is 0 Å². The first kappa shape index (κ1) is 12.9. The van der Waals surface area contributed by atoms with Gasteiger partial charge in [-0.25, -0.2) is 0 Å². The zero-order valence-corrected chi connectivity index (χ0v) is 10.7. The molecule has 1 aromatic rings. The molecule has 1 heterocycles. The smallest absolute Gasteiger partial charge is 0.276 e. The molecule has 1 aliphatic heterocycles. The Bertz CT molecular complexity index is 573. The van der Waals surface area contributed by atoms with E-state index in [1.165, 1.54) is 0 Å². The Hall–Kier alpha value is -2.50. The number of rotatable bonds is 3. The topological polar surface area (TPSA) is 82.9 Å². The van der Waals surface area contributed by atoms with Gasteiger partial charge in [0.1, 0.15) is 0 Å². The number of hydrogen-bond acceptors (Lipinski definition) is 4. The summed E-state index contributed by atoms with van der Waals surface area (Å²) in [6, 6.07) is 6.63. The second-order valence-corrected chi connectivity index (χ2v) is 4.14. The molecule has 0 spiro atoms. The molecule has 0 atom stereocenters. The summed E-state index contributed by atoms with van der Waals surface area (Å²) in [5, 5.41) is 12.8. The molecule has 0 saturated heterocycles. The minimum atomic E-state index is -0.286. The second-order valence-electron chi connectivity index (χ2n) is 4.14. The van der Waals surface area contributed by atoms with Gasteiger partial charge in [-0.15, -0.1) is 5.11 Å². The van der Waals surface area contributed by atoms with Crippen molar-refractivity contribution < 1.29 is 9.59 Å². The van der Waals surface area contributed by atoms with Gasteiger partial charge in [0.25, 0.3) is 11.8 Å². The van der Waals surface area contributed by atoms with Crippen LogP contribution in [0.1, 0.15) is 17.3 Å². The second kappa shape index (κ2) is 5.43. The van der Waals surface area contributed by atoms with Crippen molar-refractivity contribution in [3.8, 4) is 0 Å². The molecule has 0 saturated carbocycles. The zero-order valence-electron chi connectivity index (χ0n) is 10.7. The molecular weight excluding hydrogens is 244 g/mol. The van der Waals surface area contributed by atoms with Gasteiger partial charge in [0.15, 0.2) is 5.70 Å². The Labute approximate surface area is 110 Å². The Morgan fingerprint density at radius 1 is 1.16 bits per heavy atom. The van der Waals surface area contributed by atoms with E-state index < -0.39 is 0 Å². The van der Waals surface area contributed by atoms with Crippen LogP contribution in [0, 0.1) is 0 Å². The maximum absolute atomic E-state index is 11.9. The molecule has 6 nitrogen and oxygen atoms in total. The fourth-order valence-electron chi connectivity index (χ4n) is 1.65. The molecule has 0 aromatic heterocycles. The molecule has 0 radical (unpaired) electrons. The molecule has 19 heavy (non-hydrogen) atoms. The summed E-state index contributed by atoms with van der Waals surface area (Å²) >= 11 is 0. The molecule has 2 amide bonds. The monoisotopic (exact) mass is 258 g/mol. The van der Waals surface area contributed by atoms with E-state index in [1.54, 1.807) is 31.3 Å². The van der Waals surface area contributed by atoms with E-state index in [4.69, 9.17) is 0 Å². The molecular formula is C13H14N4O2. The lowest BCUT2D eigenvalue weighted by atomic mass is 10.2. The Morgan fingerprint density at radius 2 is 1.84 bits per heavy atom. The Balaban J connectivity index is 2.08. The Morgan fingerprint density at radius 3 is 2.37 bits per heavy atom. The van der Waals surface area contributed by atoms with E-state index >= 15 is 0 Å². The average Bonchev–Trinajstić information content (AvgIpc) is 2.85. The summed E-state index contributed by atoms with van der Waals surface area (Å²) in [4.78, 5) is 23.3. The van der Waals surface area contributed by atoms with Crippen molar-refractivity contribution in [1.29, 1.82) is 0 Å². The standard InChI is InChI=1S/C13H14N4O2/c1-8-7-15-17-11(8)13(19)16-10-5-3-9(4-6-10)12(18)14-2/h3-6H,7H2,1-2H3,(H,14,18)(H,16,19). The predicted octanol–water partition coefficient (Wildman–Crippen LogP) is 1.72. The maximum Gasteiger partial charge on any atom is 0.276 e. The van der Waals surface area contributed by atoms with Crippen molar-refractivity contribution >= 4 is 17.5 Å². The van der Waals surface area contributed by atoms with Crippen LogP contribution >= 0.6 is 0 Å². The molecule has 98 valence electrons. The summed E-state index contributed by atoms with van der Waals surface area (Å²) in [7, 11) is 1.57. The molecule has 2 rings (SSSR count). The number of amides is 2. The number of nitrogens with zero attached hydrogens (tertiary/aromatic N) is 2. The molecule has 2 N–H and O–H groups in total. The Kier molecular flexibility index (Phi) is 3.70. The van der Waals surface area contributed by atoms with Crippen molar-refractivity contribution in [2.45, 2.75) is 6.92 Å². The molecule has 0 fully saturated rings. The minimum absolute atomic E-state index is 0.166. The van der Waals surface area contributed by atoms with Crippen molar-refractivity contribution in [2.75, 3.05) is 18.9 Å². The van der Waals surface area contributed by atoms with Crippen LogP contribution in [-0.4, -0.2) is 25.4 Å². The molecule has 0 aliphatic carbocycles. The van der Waals surface area contributed by atoms with Crippen LogP contribution in [0.15, 0.2) is 45.8 Å². The first-order chi connectivity index (χ1) is 9.11. The van der Waals surface area contributed by atoms with Gasteiger partial charge in [-0.3, -0.25) is 9.59 Å². The third-order valence-electron chi connectivity index (χ3n) is 2.73. The van der Waals surface area contributed by atoms with Gasteiger partial charge in [0.2, 0.25) is 0 Å². The molecule has 6 heteroatoms. The fraction of sp³-hybridized carbons (Fsp3) is 0.231. The maximum atomic E-state index is 11.9.